The van der Waals surface area contributed by atoms with Gasteiger partial charge in [0.2, 0.25) is 0 Å². The second-order valence-electron chi connectivity index (χ2n) is 7.33. The molecular formula is C22H29FN6O3. The third-order valence-electron chi connectivity index (χ3n) is 5.25. The number of nitrogens with zero attached hydrogens (tertiary/aromatic N) is 3. The number of rotatable bonds is 9. The number of nitro benzene ring substituents is 1. The molecule has 0 spiro atoms. The fourth-order valence-electron chi connectivity index (χ4n) is 3.53. The molecule has 32 heavy (non-hydrogen) atoms. The summed E-state index contributed by atoms with van der Waals surface area (Å²) in [6.07, 6.45) is 0. The summed E-state index contributed by atoms with van der Waals surface area (Å²) in [5.74, 6) is 0.413. The van der Waals surface area contributed by atoms with Crippen molar-refractivity contribution in [3.63, 3.8) is 0 Å². The number of nitro groups is 1. The number of hydrogen-bond acceptors (Lipinski definition) is 6. The van der Waals surface area contributed by atoms with Crippen LogP contribution in [0.3, 0.4) is 0 Å². The molecule has 1 atom stereocenters. The Hall–Kier alpha value is -3.24. The minimum Gasteiger partial charge on any atom is -0.383 e. The monoisotopic (exact) mass is 444 g/mol. The molecule has 0 saturated carbocycles. The van der Waals surface area contributed by atoms with E-state index < -0.39 is 4.92 Å². The lowest BCUT2D eigenvalue weighted by molar-refractivity contribution is -0.384. The number of morpholine rings is 1. The van der Waals surface area contributed by atoms with E-state index in [2.05, 4.69) is 25.8 Å². The van der Waals surface area contributed by atoms with E-state index >= 15 is 0 Å². The van der Waals surface area contributed by atoms with Gasteiger partial charge in [-0.05, 0) is 29.8 Å². The number of ether oxygens (including phenoxy) is 1. The van der Waals surface area contributed by atoms with Crippen LogP contribution in [-0.4, -0.2) is 68.8 Å². The summed E-state index contributed by atoms with van der Waals surface area (Å²) in [6, 6.07) is 13.0. The lowest BCUT2D eigenvalue weighted by Gasteiger charge is -2.35. The van der Waals surface area contributed by atoms with Crippen molar-refractivity contribution in [2.75, 3.05) is 58.3 Å². The standard InChI is InChI=1S/C22H29FN6O3/c1-24-22(26-11-10-25-19-6-8-20(9-7-19)29(30)31)27-16-21(28-12-14-32-15-13-28)17-2-4-18(23)5-3-17/h2-9,21,25H,10-16H2,1H3,(H2,24,26,27). The first kappa shape index (κ1) is 23.4. The van der Waals surface area contributed by atoms with Crippen molar-refractivity contribution in [1.82, 2.24) is 15.5 Å². The van der Waals surface area contributed by atoms with E-state index in [1.54, 1.807) is 19.2 Å². The Morgan fingerprint density at radius 2 is 1.81 bits per heavy atom. The molecule has 2 aromatic carbocycles. The molecule has 1 heterocycles. The van der Waals surface area contributed by atoms with Crippen molar-refractivity contribution in [3.8, 4) is 0 Å². The van der Waals surface area contributed by atoms with Crippen LogP contribution >= 0.6 is 0 Å². The molecule has 1 unspecified atom stereocenters. The van der Waals surface area contributed by atoms with E-state index in [-0.39, 0.29) is 17.5 Å². The average Bonchev–Trinajstić information content (AvgIpc) is 2.82. The number of non-ortho nitro benzene ring substituents is 1. The fourth-order valence-corrected chi connectivity index (χ4v) is 3.53. The van der Waals surface area contributed by atoms with Gasteiger partial charge in [0.05, 0.1) is 24.2 Å². The number of guanidine groups is 1. The third-order valence-corrected chi connectivity index (χ3v) is 5.25. The molecule has 0 aromatic heterocycles. The SMILES string of the molecule is CN=C(NCCNc1ccc([N+](=O)[O-])cc1)NCC(c1ccc(F)cc1)N1CCOCC1. The van der Waals surface area contributed by atoms with Crippen LogP contribution in [0.5, 0.6) is 0 Å². The maximum atomic E-state index is 13.4. The Labute approximate surface area is 186 Å². The highest BCUT2D eigenvalue weighted by molar-refractivity contribution is 5.79. The summed E-state index contributed by atoms with van der Waals surface area (Å²) in [6.45, 7) is 4.82. The maximum Gasteiger partial charge on any atom is 0.269 e. The smallest absolute Gasteiger partial charge is 0.269 e. The Morgan fingerprint density at radius 3 is 2.44 bits per heavy atom. The van der Waals surface area contributed by atoms with Gasteiger partial charge >= 0.3 is 0 Å². The van der Waals surface area contributed by atoms with Gasteiger partial charge in [0.25, 0.3) is 5.69 Å². The highest BCUT2D eigenvalue weighted by atomic mass is 19.1. The van der Waals surface area contributed by atoms with Gasteiger partial charge in [0, 0.05) is 57.6 Å². The van der Waals surface area contributed by atoms with E-state index in [1.807, 2.05) is 12.1 Å². The highest BCUT2D eigenvalue weighted by Gasteiger charge is 2.23. The third kappa shape index (κ3) is 6.89. The molecule has 3 rings (SSSR count). The molecular weight excluding hydrogens is 415 g/mol. The van der Waals surface area contributed by atoms with Gasteiger partial charge in [-0.3, -0.25) is 20.0 Å². The Balaban J connectivity index is 1.49. The normalized spacial score (nSPS) is 15.8. The molecule has 2 aromatic rings. The van der Waals surface area contributed by atoms with Gasteiger partial charge < -0.3 is 20.7 Å². The van der Waals surface area contributed by atoms with Crippen molar-refractivity contribution < 1.29 is 14.1 Å². The molecule has 0 aliphatic carbocycles. The van der Waals surface area contributed by atoms with Gasteiger partial charge in [-0.25, -0.2) is 4.39 Å². The van der Waals surface area contributed by atoms with Crippen LogP contribution in [0.15, 0.2) is 53.5 Å². The summed E-state index contributed by atoms with van der Waals surface area (Å²) >= 11 is 0. The molecule has 1 fully saturated rings. The number of nitrogens with one attached hydrogen (secondary N) is 3. The largest absolute Gasteiger partial charge is 0.383 e. The first-order valence-corrected chi connectivity index (χ1v) is 10.6. The zero-order valence-corrected chi connectivity index (χ0v) is 18.1. The molecule has 3 N–H and O–H groups in total. The van der Waals surface area contributed by atoms with E-state index in [0.29, 0.717) is 38.8 Å². The summed E-state index contributed by atoms with van der Waals surface area (Å²) < 4.78 is 18.9. The molecule has 10 heteroatoms. The van der Waals surface area contributed by atoms with Crippen LogP contribution in [0.2, 0.25) is 0 Å². The fraction of sp³-hybridized carbons (Fsp3) is 0.409. The van der Waals surface area contributed by atoms with Crippen LogP contribution < -0.4 is 16.0 Å². The highest BCUT2D eigenvalue weighted by Crippen LogP contribution is 2.21. The molecule has 0 amide bonds. The van der Waals surface area contributed by atoms with Crippen LogP contribution in [0.4, 0.5) is 15.8 Å². The second kappa shape index (κ2) is 12.0. The maximum absolute atomic E-state index is 13.4. The minimum absolute atomic E-state index is 0.0641. The number of anilines is 1. The minimum atomic E-state index is -0.420. The molecule has 1 aliphatic heterocycles. The number of halogens is 1. The van der Waals surface area contributed by atoms with Crippen LogP contribution in [0, 0.1) is 15.9 Å². The quantitative estimate of drug-likeness (QED) is 0.179. The topological polar surface area (TPSA) is 104 Å². The van der Waals surface area contributed by atoms with E-state index in [0.717, 1.165) is 24.3 Å². The van der Waals surface area contributed by atoms with Crippen LogP contribution in [0.1, 0.15) is 11.6 Å². The summed E-state index contributed by atoms with van der Waals surface area (Å²) in [5, 5.41) is 20.5. The molecule has 172 valence electrons. The van der Waals surface area contributed by atoms with Gasteiger partial charge in [-0.1, -0.05) is 12.1 Å². The number of benzene rings is 2. The molecule has 1 aliphatic rings. The van der Waals surface area contributed by atoms with Crippen molar-refractivity contribution in [1.29, 1.82) is 0 Å². The lowest BCUT2D eigenvalue weighted by Crippen LogP contribution is -2.46. The summed E-state index contributed by atoms with van der Waals surface area (Å²) in [7, 11) is 1.71. The molecule has 1 saturated heterocycles. The van der Waals surface area contributed by atoms with Gasteiger partial charge in [0.1, 0.15) is 5.82 Å². The summed E-state index contributed by atoms with van der Waals surface area (Å²) in [4.78, 5) is 16.9. The van der Waals surface area contributed by atoms with E-state index in [1.165, 1.54) is 24.3 Å². The van der Waals surface area contributed by atoms with Crippen molar-refractivity contribution >= 4 is 17.3 Å². The van der Waals surface area contributed by atoms with Crippen LogP contribution in [0.25, 0.3) is 0 Å². The predicted molar refractivity (Wildman–Crippen MR) is 122 cm³/mol. The summed E-state index contributed by atoms with van der Waals surface area (Å²) in [5.41, 5.74) is 1.91. The van der Waals surface area contributed by atoms with Crippen molar-refractivity contribution in [3.05, 3.63) is 70.0 Å². The van der Waals surface area contributed by atoms with Gasteiger partial charge in [0.15, 0.2) is 5.96 Å². The molecule has 9 nitrogen and oxygen atoms in total. The molecule has 0 radical (unpaired) electrons. The van der Waals surface area contributed by atoms with Crippen LogP contribution in [-0.2, 0) is 4.74 Å². The zero-order chi connectivity index (χ0) is 22.8. The zero-order valence-electron chi connectivity index (χ0n) is 18.1. The Bertz CT molecular complexity index is 886. The first-order chi connectivity index (χ1) is 15.6. The van der Waals surface area contributed by atoms with Crippen molar-refractivity contribution in [2.24, 2.45) is 4.99 Å². The van der Waals surface area contributed by atoms with E-state index in [9.17, 15) is 14.5 Å². The number of aliphatic imine (C=N–C) groups is 1. The van der Waals surface area contributed by atoms with Gasteiger partial charge in [-0.15, -0.1) is 0 Å². The Kier molecular flexibility index (Phi) is 8.76. The van der Waals surface area contributed by atoms with Gasteiger partial charge in [-0.2, -0.15) is 0 Å². The Morgan fingerprint density at radius 1 is 1.12 bits per heavy atom. The van der Waals surface area contributed by atoms with E-state index in [4.69, 9.17) is 4.74 Å². The second-order valence-corrected chi connectivity index (χ2v) is 7.33. The molecule has 0 bridgehead atoms. The number of hydrogen-bond donors (Lipinski definition) is 3. The predicted octanol–water partition coefficient (Wildman–Crippen LogP) is 2.38. The average molecular weight is 445 g/mol. The van der Waals surface area contributed by atoms with Crippen molar-refractivity contribution in [2.45, 2.75) is 6.04 Å². The lowest BCUT2D eigenvalue weighted by atomic mass is 10.0. The first-order valence-electron chi connectivity index (χ1n) is 10.6.